The normalized spacial score (nSPS) is 29.1. The molecule has 40 heavy (non-hydrogen) atoms. The summed E-state index contributed by atoms with van der Waals surface area (Å²) in [4.78, 5) is 39.7. The maximum absolute atomic E-state index is 13.6. The average molecular weight is 551 g/mol. The number of nitrogens with two attached hydrogens (primary N) is 1. The molecule has 4 unspecified atom stereocenters. The predicted octanol–water partition coefficient (Wildman–Crippen LogP) is -2.88. The van der Waals surface area contributed by atoms with E-state index in [0.29, 0.717) is 0 Å². The van der Waals surface area contributed by atoms with Crippen LogP contribution >= 0.6 is 0 Å². The standard InChI is InChI=1S/C27H29NO11.Li.H/c1-10-22(31)13(28)6-17(38-10)39-15-8-27(36,16(30)9-29)7-12-19(15)26(35)21-20(24(12)33)23(32)11-4-3-5-14(37-2)18(11)25(21)34;;/h3-5,10,13,15,17,22,29,31,33,35-36H,6-9,28H2,1-2H3;;/q;+1;-1/t10?,13?,15-,17?,22?,27-;;/m0../s1. The second-order valence-corrected chi connectivity index (χ2v) is 10.2. The number of hydrogen-bond acceptors (Lipinski definition) is 12. The van der Waals surface area contributed by atoms with Gasteiger partial charge in [0.15, 0.2) is 17.9 Å². The van der Waals surface area contributed by atoms with Crippen LogP contribution in [-0.4, -0.2) is 86.7 Å². The van der Waals surface area contributed by atoms with Gasteiger partial charge < -0.3 is 46.9 Å². The summed E-state index contributed by atoms with van der Waals surface area (Å²) in [6, 6.07) is 3.64. The second-order valence-electron chi connectivity index (χ2n) is 10.2. The van der Waals surface area contributed by atoms with E-state index in [1.165, 1.54) is 25.3 Å². The summed E-state index contributed by atoms with van der Waals surface area (Å²) in [6.07, 6.45) is -5.12. The molecule has 2 aliphatic carbocycles. The molecular formula is C27H30LiNO11. The molecule has 0 radical (unpaired) electrons. The maximum atomic E-state index is 13.6. The Labute approximate surface area is 242 Å². The Balaban J connectivity index is 0.00000231. The number of rotatable bonds is 5. The van der Waals surface area contributed by atoms with Gasteiger partial charge in [-0.1, -0.05) is 12.1 Å². The molecule has 13 heteroatoms. The van der Waals surface area contributed by atoms with E-state index in [0.717, 1.165) is 0 Å². The van der Waals surface area contributed by atoms with Crippen molar-refractivity contribution >= 4 is 17.3 Å². The van der Waals surface area contributed by atoms with Crippen LogP contribution in [0.5, 0.6) is 17.2 Å². The first-order valence-electron chi connectivity index (χ1n) is 12.4. The number of aliphatic hydroxyl groups excluding tert-OH is 2. The van der Waals surface area contributed by atoms with Crippen LogP contribution in [0.1, 0.15) is 70.3 Å². The van der Waals surface area contributed by atoms with Gasteiger partial charge in [0.25, 0.3) is 0 Å². The van der Waals surface area contributed by atoms with Crippen LogP contribution < -0.4 is 29.3 Å². The quantitative estimate of drug-likeness (QED) is 0.140. The maximum Gasteiger partial charge on any atom is 1.00 e. The van der Waals surface area contributed by atoms with Crippen LogP contribution in [-0.2, 0) is 20.7 Å². The Morgan fingerprint density at radius 2 is 1.85 bits per heavy atom. The second kappa shape index (κ2) is 10.9. The Hall–Kier alpha value is -2.79. The Kier molecular flexibility index (Phi) is 8.21. The summed E-state index contributed by atoms with van der Waals surface area (Å²) in [6.45, 7) is 0.560. The summed E-state index contributed by atoms with van der Waals surface area (Å²) in [5.41, 5.74) is 2.37. The van der Waals surface area contributed by atoms with Crippen LogP contribution in [0.25, 0.3) is 0 Å². The van der Waals surface area contributed by atoms with Crippen LogP contribution in [0.2, 0.25) is 0 Å². The molecule has 5 rings (SSSR count). The number of carbonyl (C=O) groups excluding carboxylic acids is 3. The Morgan fingerprint density at radius 1 is 1.18 bits per heavy atom. The van der Waals surface area contributed by atoms with E-state index in [4.69, 9.17) is 19.9 Å². The fourth-order valence-electron chi connectivity index (χ4n) is 5.75. The number of methoxy groups -OCH3 is 1. The predicted molar refractivity (Wildman–Crippen MR) is 133 cm³/mol. The molecule has 12 nitrogen and oxygen atoms in total. The molecule has 0 spiro atoms. The van der Waals surface area contributed by atoms with Crippen LogP contribution in [0.4, 0.5) is 0 Å². The fourth-order valence-corrected chi connectivity index (χ4v) is 5.75. The van der Waals surface area contributed by atoms with E-state index in [2.05, 4.69) is 0 Å². The number of phenolic OH excluding ortho intramolecular Hbond substituents is 2. The first-order valence-corrected chi connectivity index (χ1v) is 12.4. The molecule has 0 amide bonds. The number of phenols is 2. The number of ether oxygens (including phenoxy) is 3. The third-order valence-electron chi connectivity index (χ3n) is 7.81. The molecule has 210 valence electrons. The smallest absolute Gasteiger partial charge is 1.00 e. The van der Waals surface area contributed by atoms with Gasteiger partial charge in [0.2, 0.25) is 5.78 Å². The zero-order valence-electron chi connectivity index (χ0n) is 23.2. The first-order chi connectivity index (χ1) is 18.4. The molecule has 0 bridgehead atoms. The van der Waals surface area contributed by atoms with Crippen molar-refractivity contribution in [2.24, 2.45) is 5.73 Å². The zero-order chi connectivity index (χ0) is 28.4. The average Bonchev–Trinajstić information content (AvgIpc) is 2.90. The molecule has 7 N–H and O–H groups in total. The van der Waals surface area contributed by atoms with Gasteiger partial charge in [0.05, 0.1) is 42.1 Å². The van der Waals surface area contributed by atoms with E-state index in [1.807, 2.05) is 0 Å². The molecule has 1 saturated heterocycles. The minimum Gasteiger partial charge on any atom is -1.00 e. The van der Waals surface area contributed by atoms with Gasteiger partial charge in [-0.05, 0) is 13.0 Å². The minimum absolute atomic E-state index is 0. The summed E-state index contributed by atoms with van der Waals surface area (Å²) in [7, 11) is 1.32. The SMILES string of the molecule is COc1cccc2c1C(=O)c1c(O)c3c(c(O)c1C2=O)C[C@@](O)(C(=O)CO)C[C@@H]3OC1CC(N)C(O)C(C)O1.[H-].[Li+]. The molecule has 3 aliphatic rings. The van der Waals surface area contributed by atoms with Gasteiger partial charge in [0, 0.05) is 42.0 Å². The van der Waals surface area contributed by atoms with Crippen molar-refractivity contribution in [3.63, 3.8) is 0 Å². The molecule has 6 atom stereocenters. The number of fused-ring (bicyclic) bond motifs is 3. The first kappa shape index (κ1) is 30.2. The molecule has 1 heterocycles. The topological polar surface area (TPSA) is 206 Å². The summed E-state index contributed by atoms with van der Waals surface area (Å²) >= 11 is 0. The van der Waals surface area contributed by atoms with E-state index in [-0.39, 0.29) is 54.7 Å². The number of Topliss-reactive ketones (excluding diaryl/α,β-unsaturated/α-hetero) is 1. The molecule has 0 aromatic heterocycles. The monoisotopic (exact) mass is 551 g/mol. The van der Waals surface area contributed by atoms with E-state index >= 15 is 0 Å². The van der Waals surface area contributed by atoms with Gasteiger partial charge >= 0.3 is 18.9 Å². The van der Waals surface area contributed by atoms with Crippen LogP contribution in [0.3, 0.4) is 0 Å². The van der Waals surface area contributed by atoms with Crippen molar-refractivity contribution in [3.05, 3.63) is 51.6 Å². The zero-order valence-corrected chi connectivity index (χ0v) is 22.2. The van der Waals surface area contributed by atoms with Gasteiger partial charge in [-0.2, -0.15) is 0 Å². The summed E-state index contributed by atoms with van der Waals surface area (Å²) in [5.74, 6) is -3.77. The van der Waals surface area contributed by atoms with Gasteiger partial charge in [-0.15, -0.1) is 0 Å². The van der Waals surface area contributed by atoms with Crippen molar-refractivity contribution in [3.8, 4) is 17.2 Å². The van der Waals surface area contributed by atoms with Crippen LogP contribution in [0, 0.1) is 0 Å². The Morgan fingerprint density at radius 3 is 2.48 bits per heavy atom. The molecular weight excluding hydrogens is 521 g/mol. The van der Waals surface area contributed by atoms with Crippen molar-refractivity contribution in [1.82, 2.24) is 0 Å². The molecule has 0 saturated carbocycles. The molecule has 2 aromatic carbocycles. The van der Waals surface area contributed by atoms with Crippen molar-refractivity contribution in [1.29, 1.82) is 0 Å². The third-order valence-corrected chi connectivity index (χ3v) is 7.81. The van der Waals surface area contributed by atoms with Crippen molar-refractivity contribution in [2.75, 3.05) is 13.7 Å². The largest absolute Gasteiger partial charge is 1.00 e. The van der Waals surface area contributed by atoms with Crippen LogP contribution in [0.15, 0.2) is 18.2 Å². The fraction of sp³-hybridized carbons (Fsp3) is 0.444. The molecule has 2 aromatic rings. The number of ketones is 3. The number of aliphatic hydroxyl groups is 3. The van der Waals surface area contributed by atoms with E-state index in [1.54, 1.807) is 6.92 Å². The molecule has 1 aliphatic heterocycles. The third kappa shape index (κ3) is 4.54. The van der Waals surface area contributed by atoms with E-state index < -0.39 is 95.7 Å². The number of hydrogen-bond donors (Lipinski definition) is 6. The van der Waals surface area contributed by atoms with Gasteiger partial charge in [0.1, 0.15) is 29.5 Å². The van der Waals surface area contributed by atoms with E-state index in [9.17, 15) is 39.9 Å². The number of benzene rings is 2. The summed E-state index contributed by atoms with van der Waals surface area (Å²) < 4.78 is 17.0. The number of aromatic hydroxyl groups is 2. The van der Waals surface area contributed by atoms with Gasteiger partial charge in [-0.3, -0.25) is 14.4 Å². The molecule has 1 fully saturated rings. The minimum atomic E-state index is -2.24. The number of carbonyl (C=O) groups is 3. The van der Waals surface area contributed by atoms with Crippen molar-refractivity contribution < 1.29 is 74.4 Å². The van der Waals surface area contributed by atoms with Crippen molar-refractivity contribution in [2.45, 2.75) is 62.4 Å². The van der Waals surface area contributed by atoms with Gasteiger partial charge in [-0.25, -0.2) is 0 Å². The Bertz CT molecular complexity index is 1390. The summed E-state index contributed by atoms with van der Waals surface area (Å²) in [5, 5.41) is 53.7.